The van der Waals surface area contributed by atoms with Crippen molar-refractivity contribution in [2.75, 3.05) is 0 Å². The summed E-state index contributed by atoms with van der Waals surface area (Å²) in [4.78, 5) is 23.7. The van der Waals surface area contributed by atoms with Crippen LogP contribution in [0.1, 0.15) is 38.2 Å². The van der Waals surface area contributed by atoms with Crippen molar-refractivity contribution >= 4 is 11.8 Å². The van der Waals surface area contributed by atoms with Crippen molar-refractivity contribution in [1.82, 2.24) is 5.32 Å². The van der Waals surface area contributed by atoms with Gasteiger partial charge in [0.2, 0.25) is 11.8 Å². The minimum absolute atomic E-state index is 0.110. The second kappa shape index (κ2) is 5.34. The molecule has 2 rings (SSSR count). The minimum Gasteiger partial charge on any atom is -0.296 e. The molecule has 3 nitrogen and oxygen atoms in total. The van der Waals surface area contributed by atoms with E-state index in [4.69, 9.17) is 0 Å². The fourth-order valence-electron chi connectivity index (χ4n) is 2.68. The number of imide groups is 1. The molecule has 1 aliphatic heterocycles. The summed E-state index contributed by atoms with van der Waals surface area (Å²) in [6.07, 6.45) is 1.43. The lowest BCUT2D eigenvalue weighted by molar-refractivity contribution is -0.137. The molecule has 3 unspecified atom stereocenters. The Kier molecular flexibility index (Phi) is 3.80. The van der Waals surface area contributed by atoms with Crippen molar-refractivity contribution < 1.29 is 9.59 Å². The summed E-state index contributed by atoms with van der Waals surface area (Å²) >= 11 is 0. The molecule has 1 aromatic rings. The van der Waals surface area contributed by atoms with Crippen LogP contribution in [0.3, 0.4) is 0 Å². The molecule has 3 heteroatoms. The fourth-order valence-corrected chi connectivity index (χ4v) is 2.68. The molecule has 0 aromatic heterocycles. The molecule has 96 valence electrons. The quantitative estimate of drug-likeness (QED) is 0.831. The molecule has 3 atom stereocenters. The largest absolute Gasteiger partial charge is 0.296 e. The summed E-state index contributed by atoms with van der Waals surface area (Å²) in [5.74, 6) is -0.0112. The summed E-state index contributed by atoms with van der Waals surface area (Å²) in [5, 5.41) is 2.46. The highest BCUT2D eigenvalue weighted by Gasteiger charge is 2.38. The van der Waals surface area contributed by atoms with Gasteiger partial charge < -0.3 is 0 Å². The number of rotatable bonds is 3. The second-order valence-corrected chi connectivity index (χ2v) is 5.05. The minimum atomic E-state index is -0.196. The molecule has 1 aliphatic rings. The molecule has 0 saturated carbocycles. The van der Waals surface area contributed by atoms with Crippen molar-refractivity contribution in [2.24, 2.45) is 11.8 Å². The first-order valence-electron chi connectivity index (χ1n) is 6.52. The zero-order chi connectivity index (χ0) is 13.1. The van der Waals surface area contributed by atoms with Gasteiger partial charge in [0.05, 0.1) is 5.92 Å². The van der Waals surface area contributed by atoms with Gasteiger partial charge in [-0.1, -0.05) is 50.6 Å². The van der Waals surface area contributed by atoms with Crippen LogP contribution in [0.4, 0.5) is 0 Å². The molecule has 0 aliphatic carbocycles. The third kappa shape index (κ3) is 2.45. The van der Waals surface area contributed by atoms with Crippen molar-refractivity contribution in [3.63, 3.8) is 0 Å². The van der Waals surface area contributed by atoms with Crippen LogP contribution >= 0.6 is 0 Å². The standard InChI is InChI=1S/C15H19NO2/c1-3-10(2)12-9-13(17)16-15(18)14(12)11-7-5-4-6-8-11/h4-8,10,12,14H,3,9H2,1-2H3,(H,16,17,18). The molecule has 0 spiro atoms. The predicted octanol–water partition coefficient (Wildman–Crippen LogP) is 2.48. The topological polar surface area (TPSA) is 46.2 Å². The van der Waals surface area contributed by atoms with Gasteiger partial charge in [0.25, 0.3) is 0 Å². The molecule has 2 amide bonds. The molecule has 1 saturated heterocycles. The zero-order valence-corrected chi connectivity index (χ0v) is 10.8. The van der Waals surface area contributed by atoms with Gasteiger partial charge in [-0.3, -0.25) is 14.9 Å². The van der Waals surface area contributed by atoms with Crippen molar-refractivity contribution in [1.29, 1.82) is 0 Å². The molecule has 1 N–H and O–H groups in total. The van der Waals surface area contributed by atoms with Gasteiger partial charge >= 0.3 is 0 Å². The summed E-state index contributed by atoms with van der Waals surface area (Å²) in [6, 6.07) is 9.75. The number of hydrogen-bond acceptors (Lipinski definition) is 2. The van der Waals surface area contributed by atoms with Crippen LogP contribution in [0.15, 0.2) is 30.3 Å². The zero-order valence-electron chi connectivity index (χ0n) is 10.8. The third-order valence-corrected chi connectivity index (χ3v) is 3.93. The van der Waals surface area contributed by atoms with Crippen molar-refractivity contribution in [3.8, 4) is 0 Å². The van der Waals surface area contributed by atoms with Crippen molar-refractivity contribution in [3.05, 3.63) is 35.9 Å². The van der Waals surface area contributed by atoms with Crippen LogP contribution in [0, 0.1) is 11.8 Å². The van der Waals surface area contributed by atoms with Crippen LogP contribution < -0.4 is 5.32 Å². The van der Waals surface area contributed by atoms with Crippen LogP contribution in [-0.2, 0) is 9.59 Å². The number of nitrogens with one attached hydrogen (secondary N) is 1. The maximum absolute atomic E-state index is 12.1. The van der Waals surface area contributed by atoms with Crippen LogP contribution in [0.25, 0.3) is 0 Å². The lowest BCUT2D eigenvalue weighted by Gasteiger charge is -2.34. The maximum Gasteiger partial charge on any atom is 0.234 e. The van der Waals surface area contributed by atoms with Gasteiger partial charge in [-0.2, -0.15) is 0 Å². The Bertz CT molecular complexity index is 441. The Morgan fingerprint density at radius 2 is 1.94 bits per heavy atom. The molecule has 1 aromatic carbocycles. The summed E-state index contributed by atoms with van der Waals surface area (Å²) in [6.45, 7) is 4.22. The predicted molar refractivity (Wildman–Crippen MR) is 69.9 cm³/mol. The van der Waals surface area contributed by atoms with Gasteiger partial charge in [-0.05, 0) is 17.4 Å². The molecule has 0 bridgehead atoms. The first-order valence-corrected chi connectivity index (χ1v) is 6.52. The van der Waals surface area contributed by atoms with Gasteiger partial charge in [-0.15, -0.1) is 0 Å². The van der Waals surface area contributed by atoms with E-state index in [2.05, 4.69) is 19.2 Å². The first-order chi connectivity index (χ1) is 8.63. The monoisotopic (exact) mass is 245 g/mol. The molecule has 0 radical (unpaired) electrons. The normalized spacial score (nSPS) is 25.7. The van der Waals surface area contributed by atoms with E-state index in [1.54, 1.807) is 0 Å². The van der Waals surface area contributed by atoms with Crippen LogP contribution in [0.2, 0.25) is 0 Å². The van der Waals surface area contributed by atoms with E-state index in [0.717, 1.165) is 12.0 Å². The smallest absolute Gasteiger partial charge is 0.234 e. The number of amides is 2. The van der Waals surface area contributed by atoms with E-state index >= 15 is 0 Å². The van der Waals surface area contributed by atoms with Gasteiger partial charge in [0.1, 0.15) is 0 Å². The SMILES string of the molecule is CCC(C)C1CC(=O)NC(=O)C1c1ccccc1. The highest BCUT2D eigenvalue weighted by atomic mass is 16.2. The molecule has 18 heavy (non-hydrogen) atoms. The number of carbonyl (C=O) groups excluding carboxylic acids is 2. The lowest BCUT2D eigenvalue weighted by Crippen LogP contribution is -2.46. The van der Waals surface area contributed by atoms with Gasteiger partial charge in [0, 0.05) is 6.42 Å². The van der Waals surface area contributed by atoms with E-state index in [9.17, 15) is 9.59 Å². The highest BCUT2D eigenvalue weighted by Crippen LogP contribution is 2.36. The van der Waals surface area contributed by atoms with E-state index in [1.807, 2.05) is 30.3 Å². The molecular weight excluding hydrogens is 226 g/mol. The van der Waals surface area contributed by atoms with Crippen molar-refractivity contribution in [2.45, 2.75) is 32.6 Å². The van der Waals surface area contributed by atoms with E-state index in [1.165, 1.54) is 0 Å². The van der Waals surface area contributed by atoms with E-state index in [0.29, 0.717) is 12.3 Å². The third-order valence-electron chi connectivity index (χ3n) is 3.93. The molecular formula is C15H19NO2. The van der Waals surface area contributed by atoms with Crippen LogP contribution in [0.5, 0.6) is 0 Å². The average Bonchev–Trinajstić information content (AvgIpc) is 2.38. The maximum atomic E-state index is 12.1. The summed E-state index contributed by atoms with van der Waals surface area (Å²) < 4.78 is 0. The highest BCUT2D eigenvalue weighted by molar-refractivity contribution is 6.01. The van der Waals surface area contributed by atoms with E-state index in [-0.39, 0.29) is 23.7 Å². The average molecular weight is 245 g/mol. The fraction of sp³-hybridized carbons (Fsp3) is 0.467. The molecule has 1 fully saturated rings. The Morgan fingerprint density at radius 1 is 1.28 bits per heavy atom. The summed E-state index contributed by atoms with van der Waals surface area (Å²) in [5.41, 5.74) is 1.01. The Labute approximate surface area is 108 Å². The molecule has 1 heterocycles. The number of piperidine rings is 1. The Hall–Kier alpha value is -1.64. The second-order valence-electron chi connectivity index (χ2n) is 5.05. The Morgan fingerprint density at radius 3 is 2.56 bits per heavy atom. The van der Waals surface area contributed by atoms with E-state index < -0.39 is 0 Å². The van der Waals surface area contributed by atoms with Gasteiger partial charge in [-0.25, -0.2) is 0 Å². The number of hydrogen-bond donors (Lipinski definition) is 1. The Balaban J connectivity index is 2.34. The van der Waals surface area contributed by atoms with Crippen LogP contribution in [-0.4, -0.2) is 11.8 Å². The van der Waals surface area contributed by atoms with Gasteiger partial charge in [0.15, 0.2) is 0 Å². The number of benzene rings is 1. The number of carbonyl (C=O) groups is 2. The summed E-state index contributed by atoms with van der Waals surface area (Å²) in [7, 11) is 0. The first kappa shape index (κ1) is 12.8. The lowest BCUT2D eigenvalue weighted by atomic mass is 9.73.